The highest BCUT2D eigenvalue weighted by Crippen LogP contribution is 2.12. The molecule has 0 saturated carbocycles. The highest BCUT2D eigenvalue weighted by Gasteiger charge is 2.17. The Morgan fingerprint density at radius 1 is 1.33 bits per heavy atom. The van der Waals surface area contributed by atoms with Crippen molar-refractivity contribution in [3.8, 4) is 0 Å². The lowest BCUT2D eigenvalue weighted by Gasteiger charge is -2.15. The zero-order valence-corrected chi connectivity index (χ0v) is 14.9. The Hall–Kier alpha value is -1.14. The summed E-state index contributed by atoms with van der Waals surface area (Å²) in [5.74, 6) is -0.346. The Morgan fingerprint density at radius 3 is 2.62 bits per heavy atom. The molecule has 0 aliphatic rings. The average Bonchev–Trinajstić information content (AvgIpc) is 2.78. The quantitative estimate of drug-likeness (QED) is 0.399. The summed E-state index contributed by atoms with van der Waals surface area (Å²) in [6.45, 7) is 12.3. The van der Waals surface area contributed by atoms with Gasteiger partial charge in [0.1, 0.15) is 6.73 Å². The normalized spacial score (nSPS) is 11.7. The van der Waals surface area contributed by atoms with E-state index >= 15 is 0 Å². The number of hydrogen-bond acceptors (Lipinski definition) is 4. The fourth-order valence-corrected chi connectivity index (χ4v) is 2.65. The Bertz CT molecular complexity index is 452. The molecule has 1 rings (SSSR count). The van der Waals surface area contributed by atoms with E-state index in [4.69, 9.17) is 9.47 Å². The van der Waals surface area contributed by atoms with Gasteiger partial charge in [-0.15, -0.1) is 0 Å². The predicted octanol–water partition coefficient (Wildman–Crippen LogP) is 3.32. The summed E-state index contributed by atoms with van der Waals surface area (Å²) in [4.78, 5) is 11.9. The number of ether oxygens (including phenoxy) is 2. The van der Waals surface area contributed by atoms with E-state index < -0.39 is 8.07 Å². The second-order valence-corrected chi connectivity index (χ2v) is 12.0. The van der Waals surface area contributed by atoms with E-state index in [1.54, 1.807) is 11.6 Å². The molecular formula is C15H28N2O3Si. The van der Waals surface area contributed by atoms with Gasteiger partial charge in [0.05, 0.1) is 6.61 Å². The molecule has 5 nitrogen and oxygen atoms in total. The first-order valence-electron chi connectivity index (χ1n) is 7.68. The van der Waals surface area contributed by atoms with Gasteiger partial charge in [0.2, 0.25) is 0 Å². The van der Waals surface area contributed by atoms with Crippen LogP contribution in [-0.4, -0.2) is 37.0 Å². The fraction of sp³-hybridized carbons (Fsp3) is 0.733. The number of nitrogens with zero attached hydrogens (tertiary/aromatic N) is 2. The van der Waals surface area contributed by atoms with E-state index in [2.05, 4.69) is 31.7 Å². The van der Waals surface area contributed by atoms with Gasteiger partial charge < -0.3 is 9.47 Å². The van der Waals surface area contributed by atoms with Gasteiger partial charge in [0.25, 0.3) is 0 Å². The van der Waals surface area contributed by atoms with Crippen LogP contribution in [0.3, 0.4) is 0 Å². The maximum atomic E-state index is 11.9. The number of aryl methyl sites for hydroxylation is 1. The molecule has 0 aliphatic carbocycles. The minimum Gasteiger partial charge on any atom is -0.461 e. The van der Waals surface area contributed by atoms with Crippen LogP contribution >= 0.6 is 0 Å². The van der Waals surface area contributed by atoms with Crippen molar-refractivity contribution < 1.29 is 14.3 Å². The third kappa shape index (κ3) is 6.43. The third-order valence-electron chi connectivity index (χ3n) is 3.05. The van der Waals surface area contributed by atoms with Crippen molar-refractivity contribution in [2.75, 3.05) is 13.2 Å². The van der Waals surface area contributed by atoms with Crippen LogP contribution in [0.5, 0.6) is 0 Å². The van der Waals surface area contributed by atoms with Crippen LogP contribution < -0.4 is 0 Å². The highest BCUT2D eigenvalue weighted by molar-refractivity contribution is 6.76. The Morgan fingerprint density at radius 2 is 2.05 bits per heavy atom. The first-order valence-corrected chi connectivity index (χ1v) is 11.4. The maximum Gasteiger partial charge on any atom is 0.359 e. The van der Waals surface area contributed by atoms with Crippen LogP contribution in [-0.2, 0) is 22.6 Å². The SMILES string of the molecule is CCCc1cn(COCC[Si](C)(C)C)nc1C(=O)OCC. The minimum atomic E-state index is -1.07. The lowest BCUT2D eigenvalue weighted by atomic mass is 10.1. The molecule has 0 spiro atoms. The smallest absolute Gasteiger partial charge is 0.359 e. The fourth-order valence-electron chi connectivity index (χ4n) is 1.89. The number of rotatable bonds is 9. The largest absolute Gasteiger partial charge is 0.461 e. The van der Waals surface area contributed by atoms with E-state index in [9.17, 15) is 4.79 Å². The van der Waals surface area contributed by atoms with Gasteiger partial charge in [-0.1, -0.05) is 33.0 Å². The van der Waals surface area contributed by atoms with Crippen molar-refractivity contribution in [1.82, 2.24) is 9.78 Å². The third-order valence-corrected chi connectivity index (χ3v) is 4.75. The molecule has 1 aromatic rings. The summed E-state index contributed by atoms with van der Waals surface area (Å²) in [5.41, 5.74) is 1.36. The molecule has 0 radical (unpaired) electrons. The molecule has 0 amide bonds. The van der Waals surface area contributed by atoms with E-state index in [1.165, 1.54) is 0 Å². The van der Waals surface area contributed by atoms with Crippen molar-refractivity contribution in [2.24, 2.45) is 0 Å². The zero-order valence-electron chi connectivity index (χ0n) is 13.9. The lowest BCUT2D eigenvalue weighted by molar-refractivity contribution is 0.0509. The van der Waals surface area contributed by atoms with Crippen molar-refractivity contribution in [3.63, 3.8) is 0 Å². The lowest BCUT2D eigenvalue weighted by Crippen LogP contribution is -2.22. The van der Waals surface area contributed by atoms with Crippen molar-refractivity contribution >= 4 is 14.0 Å². The number of esters is 1. The Balaban J connectivity index is 2.62. The van der Waals surface area contributed by atoms with Gasteiger partial charge in [-0.25, -0.2) is 9.48 Å². The molecule has 1 heterocycles. The summed E-state index contributed by atoms with van der Waals surface area (Å²) >= 11 is 0. The Kier molecular flexibility index (Phi) is 7.11. The molecule has 21 heavy (non-hydrogen) atoms. The topological polar surface area (TPSA) is 53.4 Å². The molecule has 0 unspecified atom stereocenters. The van der Waals surface area contributed by atoms with Crippen LogP contribution in [0.25, 0.3) is 0 Å². The molecule has 120 valence electrons. The van der Waals surface area contributed by atoms with Gasteiger partial charge >= 0.3 is 5.97 Å². The van der Waals surface area contributed by atoms with Crippen LogP contribution in [0.1, 0.15) is 36.3 Å². The first-order chi connectivity index (χ1) is 9.87. The summed E-state index contributed by atoms with van der Waals surface area (Å²) < 4.78 is 12.4. The van der Waals surface area contributed by atoms with Gasteiger partial charge in [0.15, 0.2) is 5.69 Å². The Labute approximate surface area is 128 Å². The second kappa shape index (κ2) is 8.34. The van der Waals surface area contributed by atoms with Crippen molar-refractivity contribution in [3.05, 3.63) is 17.5 Å². The summed E-state index contributed by atoms with van der Waals surface area (Å²) in [5, 5.41) is 4.31. The highest BCUT2D eigenvalue weighted by atomic mass is 28.3. The van der Waals surface area contributed by atoms with Crippen molar-refractivity contribution in [1.29, 1.82) is 0 Å². The van der Waals surface area contributed by atoms with Gasteiger partial charge in [-0.05, 0) is 19.4 Å². The standard InChI is InChI=1S/C15H28N2O3Si/c1-6-8-13-11-17(12-19-9-10-21(3,4)5)16-14(13)15(18)20-7-2/h11H,6-10,12H2,1-5H3. The van der Waals surface area contributed by atoms with Gasteiger partial charge in [0, 0.05) is 26.4 Å². The molecule has 0 fully saturated rings. The predicted molar refractivity (Wildman–Crippen MR) is 86.3 cm³/mol. The monoisotopic (exact) mass is 312 g/mol. The summed E-state index contributed by atoms with van der Waals surface area (Å²) in [6, 6.07) is 1.13. The molecule has 6 heteroatoms. The molecular weight excluding hydrogens is 284 g/mol. The first kappa shape index (κ1) is 17.9. The number of carbonyl (C=O) groups excluding carboxylic acids is 1. The number of hydrogen-bond donors (Lipinski definition) is 0. The maximum absolute atomic E-state index is 11.9. The van der Waals surface area contributed by atoms with Gasteiger partial charge in [-0.3, -0.25) is 0 Å². The van der Waals surface area contributed by atoms with Crippen LogP contribution in [0.2, 0.25) is 25.7 Å². The second-order valence-electron chi connectivity index (χ2n) is 6.36. The van der Waals surface area contributed by atoms with Crippen LogP contribution in [0.15, 0.2) is 6.20 Å². The number of carbonyl (C=O) groups is 1. The molecule has 1 aromatic heterocycles. The van der Waals surface area contributed by atoms with E-state index in [-0.39, 0.29) is 5.97 Å². The van der Waals surface area contributed by atoms with Gasteiger partial charge in [-0.2, -0.15) is 5.10 Å². The molecule has 0 aromatic carbocycles. The van der Waals surface area contributed by atoms with E-state index in [0.29, 0.717) is 19.0 Å². The van der Waals surface area contributed by atoms with E-state index in [1.807, 2.05) is 6.20 Å². The molecule has 0 saturated heterocycles. The van der Waals surface area contributed by atoms with E-state index in [0.717, 1.165) is 31.1 Å². The summed E-state index contributed by atoms with van der Waals surface area (Å²) in [7, 11) is -1.07. The molecule has 0 N–H and O–H groups in total. The molecule has 0 aliphatic heterocycles. The summed E-state index contributed by atoms with van der Waals surface area (Å²) in [6.07, 6.45) is 3.68. The molecule has 0 bridgehead atoms. The number of aromatic nitrogens is 2. The van der Waals surface area contributed by atoms with Crippen LogP contribution in [0.4, 0.5) is 0 Å². The molecule has 0 atom stereocenters. The average molecular weight is 312 g/mol. The minimum absolute atomic E-state index is 0.346. The van der Waals surface area contributed by atoms with Crippen LogP contribution in [0, 0.1) is 0 Å². The zero-order chi connectivity index (χ0) is 15.9. The van der Waals surface area contributed by atoms with Crippen molar-refractivity contribution in [2.45, 2.75) is 59.1 Å².